The molecule has 0 radical (unpaired) electrons. The third kappa shape index (κ3) is 4.50. The van der Waals surface area contributed by atoms with Crippen LogP contribution < -0.4 is 5.32 Å². The SMILES string of the molecule is CCC(CC=O)CCNC. The Balaban J connectivity index is 3.29. The van der Waals surface area contributed by atoms with Crippen LogP contribution in [0.3, 0.4) is 0 Å². The van der Waals surface area contributed by atoms with Crippen molar-refractivity contribution in [2.24, 2.45) is 5.92 Å². The van der Waals surface area contributed by atoms with Gasteiger partial charge in [-0.3, -0.25) is 0 Å². The fourth-order valence-corrected chi connectivity index (χ4v) is 0.973. The Bertz CT molecular complexity index is 83.3. The molecule has 1 atom stereocenters. The van der Waals surface area contributed by atoms with Crippen LogP contribution in [0.2, 0.25) is 0 Å². The Hall–Kier alpha value is -0.370. The minimum absolute atomic E-state index is 0.588. The highest BCUT2D eigenvalue weighted by atomic mass is 16.1. The Morgan fingerprint density at radius 3 is 2.70 bits per heavy atom. The van der Waals surface area contributed by atoms with Crippen molar-refractivity contribution >= 4 is 6.29 Å². The van der Waals surface area contributed by atoms with Gasteiger partial charge in [-0.15, -0.1) is 0 Å². The lowest BCUT2D eigenvalue weighted by molar-refractivity contribution is -0.108. The van der Waals surface area contributed by atoms with Gasteiger partial charge in [0.25, 0.3) is 0 Å². The highest BCUT2D eigenvalue weighted by molar-refractivity contribution is 5.49. The predicted octanol–water partition coefficient (Wildman–Crippen LogP) is 1.21. The van der Waals surface area contributed by atoms with Crippen LogP contribution in [0, 0.1) is 5.92 Å². The Morgan fingerprint density at radius 1 is 1.60 bits per heavy atom. The van der Waals surface area contributed by atoms with Crippen LogP contribution >= 0.6 is 0 Å². The standard InChI is InChI=1S/C8H17NO/c1-3-8(5-7-10)4-6-9-2/h7-9H,3-6H2,1-2H3. The zero-order valence-corrected chi connectivity index (χ0v) is 6.89. The smallest absolute Gasteiger partial charge is 0.120 e. The van der Waals surface area contributed by atoms with Crippen molar-refractivity contribution in [3.05, 3.63) is 0 Å². The lowest BCUT2D eigenvalue weighted by Crippen LogP contribution is -2.13. The molecule has 0 rings (SSSR count). The molecule has 1 N–H and O–H groups in total. The highest BCUT2D eigenvalue weighted by Gasteiger charge is 2.02. The van der Waals surface area contributed by atoms with Gasteiger partial charge in [0.1, 0.15) is 6.29 Å². The van der Waals surface area contributed by atoms with Gasteiger partial charge in [0, 0.05) is 6.42 Å². The molecule has 0 aliphatic heterocycles. The summed E-state index contributed by atoms with van der Waals surface area (Å²) in [7, 11) is 1.94. The van der Waals surface area contributed by atoms with E-state index in [1.165, 1.54) is 0 Å². The molecule has 0 aliphatic carbocycles. The van der Waals surface area contributed by atoms with Gasteiger partial charge < -0.3 is 10.1 Å². The number of rotatable bonds is 6. The van der Waals surface area contributed by atoms with Gasteiger partial charge in [-0.1, -0.05) is 13.3 Å². The molecule has 0 saturated carbocycles. The molecular formula is C8H17NO. The molecule has 0 aromatic heterocycles. The minimum Gasteiger partial charge on any atom is -0.320 e. The fourth-order valence-electron chi connectivity index (χ4n) is 0.973. The number of hydrogen-bond acceptors (Lipinski definition) is 2. The maximum atomic E-state index is 10.1. The fraction of sp³-hybridized carbons (Fsp3) is 0.875. The normalized spacial score (nSPS) is 13.0. The van der Waals surface area contributed by atoms with Gasteiger partial charge >= 0.3 is 0 Å². The summed E-state index contributed by atoms with van der Waals surface area (Å²) in [4.78, 5) is 10.1. The number of aldehydes is 1. The topological polar surface area (TPSA) is 29.1 Å². The van der Waals surface area contributed by atoms with Crippen LogP contribution in [0.1, 0.15) is 26.2 Å². The molecular weight excluding hydrogens is 126 g/mol. The summed E-state index contributed by atoms with van der Waals surface area (Å²) >= 11 is 0. The molecule has 0 aromatic rings. The van der Waals surface area contributed by atoms with E-state index in [9.17, 15) is 4.79 Å². The predicted molar refractivity (Wildman–Crippen MR) is 43.0 cm³/mol. The van der Waals surface area contributed by atoms with Crippen molar-refractivity contribution in [2.75, 3.05) is 13.6 Å². The van der Waals surface area contributed by atoms with E-state index in [1.807, 2.05) is 7.05 Å². The van der Waals surface area contributed by atoms with E-state index < -0.39 is 0 Å². The summed E-state index contributed by atoms with van der Waals surface area (Å²) in [5, 5.41) is 3.07. The molecule has 0 aliphatic rings. The van der Waals surface area contributed by atoms with E-state index in [1.54, 1.807) is 0 Å². The van der Waals surface area contributed by atoms with Crippen molar-refractivity contribution < 1.29 is 4.79 Å². The summed E-state index contributed by atoms with van der Waals surface area (Å²) in [6, 6.07) is 0. The second-order valence-corrected chi connectivity index (χ2v) is 2.57. The van der Waals surface area contributed by atoms with E-state index >= 15 is 0 Å². The maximum absolute atomic E-state index is 10.1. The Labute approximate surface area is 63.0 Å². The lowest BCUT2D eigenvalue weighted by atomic mass is 9.99. The molecule has 1 unspecified atom stereocenters. The molecule has 0 aromatic carbocycles. The van der Waals surface area contributed by atoms with Crippen molar-refractivity contribution in [2.45, 2.75) is 26.2 Å². The van der Waals surface area contributed by atoms with E-state index in [0.717, 1.165) is 32.1 Å². The molecule has 2 heteroatoms. The largest absolute Gasteiger partial charge is 0.320 e. The zero-order chi connectivity index (χ0) is 7.82. The first-order valence-corrected chi connectivity index (χ1v) is 3.93. The molecule has 10 heavy (non-hydrogen) atoms. The first kappa shape index (κ1) is 9.63. The molecule has 0 spiro atoms. The summed E-state index contributed by atoms with van der Waals surface area (Å²) < 4.78 is 0. The number of hydrogen-bond donors (Lipinski definition) is 1. The minimum atomic E-state index is 0.588. The van der Waals surface area contributed by atoms with Crippen LogP contribution in [-0.4, -0.2) is 19.9 Å². The third-order valence-electron chi connectivity index (χ3n) is 1.81. The van der Waals surface area contributed by atoms with Crippen LogP contribution in [0.25, 0.3) is 0 Å². The van der Waals surface area contributed by atoms with Crippen LogP contribution in [-0.2, 0) is 4.79 Å². The van der Waals surface area contributed by atoms with Crippen LogP contribution in [0.4, 0.5) is 0 Å². The summed E-state index contributed by atoms with van der Waals surface area (Å²) in [6.07, 6.45) is 3.97. The summed E-state index contributed by atoms with van der Waals surface area (Å²) in [5.41, 5.74) is 0. The van der Waals surface area contributed by atoms with Gasteiger partial charge in [-0.2, -0.15) is 0 Å². The molecule has 0 amide bonds. The maximum Gasteiger partial charge on any atom is 0.120 e. The van der Waals surface area contributed by atoms with Gasteiger partial charge in [0.2, 0.25) is 0 Å². The Kier molecular flexibility index (Phi) is 6.50. The Morgan fingerprint density at radius 2 is 2.30 bits per heavy atom. The number of nitrogens with one attached hydrogen (secondary N) is 1. The first-order valence-electron chi connectivity index (χ1n) is 3.93. The van der Waals surface area contributed by atoms with Gasteiger partial charge in [0.15, 0.2) is 0 Å². The van der Waals surface area contributed by atoms with E-state index in [0.29, 0.717) is 5.92 Å². The second-order valence-electron chi connectivity index (χ2n) is 2.57. The monoisotopic (exact) mass is 143 g/mol. The van der Waals surface area contributed by atoms with Crippen molar-refractivity contribution in [3.8, 4) is 0 Å². The van der Waals surface area contributed by atoms with Crippen LogP contribution in [0.5, 0.6) is 0 Å². The number of carbonyl (C=O) groups is 1. The molecule has 0 heterocycles. The molecule has 0 bridgehead atoms. The zero-order valence-electron chi connectivity index (χ0n) is 6.89. The first-order chi connectivity index (χ1) is 4.85. The van der Waals surface area contributed by atoms with E-state index in [2.05, 4.69) is 12.2 Å². The van der Waals surface area contributed by atoms with Crippen LogP contribution in [0.15, 0.2) is 0 Å². The molecule has 2 nitrogen and oxygen atoms in total. The van der Waals surface area contributed by atoms with Gasteiger partial charge in [-0.25, -0.2) is 0 Å². The average molecular weight is 143 g/mol. The molecule has 0 saturated heterocycles. The third-order valence-corrected chi connectivity index (χ3v) is 1.81. The summed E-state index contributed by atoms with van der Waals surface area (Å²) in [6.45, 7) is 3.15. The van der Waals surface area contributed by atoms with Crippen molar-refractivity contribution in [3.63, 3.8) is 0 Å². The second kappa shape index (κ2) is 6.75. The summed E-state index contributed by atoms with van der Waals surface area (Å²) in [5.74, 6) is 0.588. The van der Waals surface area contributed by atoms with Crippen molar-refractivity contribution in [1.29, 1.82) is 0 Å². The quantitative estimate of drug-likeness (QED) is 0.566. The van der Waals surface area contributed by atoms with Gasteiger partial charge in [-0.05, 0) is 25.9 Å². The average Bonchev–Trinajstić information content (AvgIpc) is 1.98. The van der Waals surface area contributed by atoms with E-state index in [4.69, 9.17) is 0 Å². The van der Waals surface area contributed by atoms with Crippen molar-refractivity contribution in [1.82, 2.24) is 5.32 Å². The highest BCUT2D eigenvalue weighted by Crippen LogP contribution is 2.09. The van der Waals surface area contributed by atoms with Gasteiger partial charge in [0.05, 0.1) is 0 Å². The lowest BCUT2D eigenvalue weighted by Gasteiger charge is -2.09. The number of carbonyl (C=O) groups excluding carboxylic acids is 1. The van der Waals surface area contributed by atoms with E-state index in [-0.39, 0.29) is 0 Å². The molecule has 60 valence electrons. The molecule has 0 fully saturated rings.